The van der Waals surface area contributed by atoms with Crippen LogP contribution in [0, 0.1) is 0 Å². The minimum absolute atomic E-state index is 0.113. The molecule has 0 heterocycles. The van der Waals surface area contributed by atoms with Crippen LogP contribution >= 0.6 is 15.9 Å². The van der Waals surface area contributed by atoms with Gasteiger partial charge in [0.25, 0.3) is 5.91 Å². The second kappa shape index (κ2) is 7.64. The van der Waals surface area contributed by atoms with E-state index in [1.165, 1.54) is 11.9 Å². The van der Waals surface area contributed by atoms with Gasteiger partial charge >= 0.3 is 5.97 Å². The van der Waals surface area contributed by atoms with Crippen LogP contribution in [-0.2, 0) is 9.59 Å². The summed E-state index contributed by atoms with van der Waals surface area (Å²) >= 11 is 3.26. The number of carbonyl (C=O) groups excluding carboxylic acids is 2. The molecule has 0 fully saturated rings. The van der Waals surface area contributed by atoms with Gasteiger partial charge in [-0.15, -0.1) is 0 Å². The van der Waals surface area contributed by atoms with Crippen molar-refractivity contribution in [2.24, 2.45) is 0 Å². The first-order chi connectivity index (χ1) is 9.40. The molecule has 0 saturated heterocycles. The molecule has 6 nitrogen and oxygen atoms in total. The van der Waals surface area contributed by atoms with Crippen LogP contribution < -0.4 is 5.32 Å². The highest BCUT2D eigenvalue weighted by Gasteiger charge is 2.12. The Morgan fingerprint density at radius 2 is 1.85 bits per heavy atom. The number of carboxylic acids is 1. The molecule has 2 amide bonds. The van der Waals surface area contributed by atoms with E-state index in [0.717, 1.165) is 4.47 Å². The molecule has 0 spiro atoms. The summed E-state index contributed by atoms with van der Waals surface area (Å²) in [6.45, 7) is -0.0483. The maximum absolute atomic E-state index is 11.8. The van der Waals surface area contributed by atoms with Crippen molar-refractivity contribution in [1.82, 2.24) is 10.2 Å². The van der Waals surface area contributed by atoms with Crippen molar-refractivity contribution in [3.05, 3.63) is 34.3 Å². The van der Waals surface area contributed by atoms with Gasteiger partial charge in [-0.2, -0.15) is 0 Å². The number of amides is 2. The Kier molecular flexibility index (Phi) is 6.17. The van der Waals surface area contributed by atoms with Crippen molar-refractivity contribution < 1.29 is 19.5 Å². The normalized spacial score (nSPS) is 9.90. The highest BCUT2D eigenvalue weighted by Crippen LogP contribution is 2.10. The smallest absolute Gasteiger partial charge is 0.305 e. The number of nitrogens with one attached hydrogen (secondary N) is 1. The third-order valence-electron chi connectivity index (χ3n) is 2.59. The lowest BCUT2D eigenvalue weighted by atomic mass is 10.2. The predicted octanol–water partition coefficient (Wildman–Crippen LogP) is 1.11. The van der Waals surface area contributed by atoms with Gasteiger partial charge in [0.2, 0.25) is 5.91 Å². The van der Waals surface area contributed by atoms with E-state index in [1.807, 2.05) is 0 Å². The summed E-state index contributed by atoms with van der Waals surface area (Å²) < 4.78 is 0.860. The van der Waals surface area contributed by atoms with Crippen LogP contribution in [-0.4, -0.2) is 47.9 Å². The fourth-order valence-electron chi connectivity index (χ4n) is 1.38. The summed E-state index contributed by atoms with van der Waals surface area (Å²) in [6.07, 6.45) is -0.122. The summed E-state index contributed by atoms with van der Waals surface area (Å²) in [7, 11) is 1.50. The van der Waals surface area contributed by atoms with Crippen LogP contribution in [0.5, 0.6) is 0 Å². The zero-order chi connectivity index (χ0) is 15.1. The second-order valence-electron chi connectivity index (χ2n) is 4.15. The van der Waals surface area contributed by atoms with Crippen molar-refractivity contribution in [1.29, 1.82) is 0 Å². The standard InChI is InChI=1S/C13H15BrN2O4/c1-16(7-6-12(18)19)11(17)8-15-13(20)9-2-4-10(14)5-3-9/h2-5H,6-8H2,1H3,(H,15,20)(H,18,19). The zero-order valence-corrected chi connectivity index (χ0v) is 12.5. The Bertz CT molecular complexity index is 502. The van der Waals surface area contributed by atoms with E-state index in [0.29, 0.717) is 5.56 Å². The second-order valence-corrected chi connectivity index (χ2v) is 5.06. The molecule has 2 N–H and O–H groups in total. The molecule has 0 aliphatic heterocycles. The molecule has 108 valence electrons. The first kappa shape index (κ1) is 16.2. The third kappa shape index (κ3) is 5.40. The van der Waals surface area contributed by atoms with Gasteiger partial charge in [0, 0.05) is 23.6 Å². The molecule has 1 aromatic rings. The zero-order valence-electron chi connectivity index (χ0n) is 10.9. The summed E-state index contributed by atoms with van der Waals surface area (Å²) in [6, 6.07) is 6.74. The van der Waals surface area contributed by atoms with E-state index in [1.54, 1.807) is 24.3 Å². The summed E-state index contributed by atoms with van der Waals surface area (Å²) in [4.78, 5) is 35.1. The van der Waals surface area contributed by atoms with Crippen LogP contribution in [0.2, 0.25) is 0 Å². The van der Waals surface area contributed by atoms with Gasteiger partial charge in [0.05, 0.1) is 13.0 Å². The predicted molar refractivity (Wildman–Crippen MR) is 76.4 cm³/mol. The molecule has 0 aromatic heterocycles. The molecule has 1 aromatic carbocycles. The maximum Gasteiger partial charge on any atom is 0.305 e. The van der Waals surface area contributed by atoms with Gasteiger partial charge in [-0.1, -0.05) is 15.9 Å². The average Bonchev–Trinajstić information content (AvgIpc) is 2.42. The number of nitrogens with zero attached hydrogens (tertiary/aromatic N) is 1. The molecule has 20 heavy (non-hydrogen) atoms. The molecule has 0 aliphatic rings. The first-order valence-corrected chi connectivity index (χ1v) is 6.69. The van der Waals surface area contributed by atoms with Crippen molar-refractivity contribution in [2.75, 3.05) is 20.1 Å². The highest BCUT2D eigenvalue weighted by atomic mass is 79.9. The fourth-order valence-corrected chi connectivity index (χ4v) is 1.65. The highest BCUT2D eigenvalue weighted by molar-refractivity contribution is 9.10. The van der Waals surface area contributed by atoms with Gasteiger partial charge in [-0.05, 0) is 24.3 Å². The topological polar surface area (TPSA) is 86.7 Å². The SMILES string of the molecule is CN(CCC(=O)O)C(=O)CNC(=O)c1ccc(Br)cc1. The molecule has 0 unspecified atom stereocenters. The molecule has 7 heteroatoms. The largest absolute Gasteiger partial charge is 0.481 e. The lowest BCUT2D eigenvalue weighted by Gasteiger charge is -2.16. The van der Waals surface area contributed by atoms with Crippen molar-refractivity contribution >= 4 is 33.7 Å². The number of carboxylic acid groups (broad SMARTS) is 1. The average molecular weight is 343 g/mol. The Hall–Kier alpha value is -1.89. The van der Waals surface area contributed by atoms with Gasteiger partial charge in [-0.25, -0.2) is 0 Å². The number of rotatable bonds is 6. The van der Waals surface area contributed by atoms with E-state index >= 15 is 0 Å². The minimum atomic E-state index is -0.969. The van der Waals surface area contributed by atoms with Crippen LogP contribution in [0.15, 0.2) is 28.7 Å². The van der Waals surface area contributed by atoms with E-state index in [4.69, 9.17) is 5.11 Å². The quantitative estimate of drug-likeness (QED) is 0.810. The Labute approximate surface area is 124 Å². The van der Waals surface area contributed by atoms with Crippen LogP contribution in [0.25, 0.3) is 0 Å². The first-order valence-electron chi connectivity index (χ1n) is 5.89. The summed E-state index contributed by atoms with van der Waals surface area (Å²) in [5, 5.41) is 11.0. The van der Waals surface area contributed by atoms with Crippen molar-refractivity contribution in [3.8, 4) is 0 Å². The number of benzene rings is 1. The number of carbonyl (C=O) groups is 3. The van der Waals surface area contributed by atoms with Gasteiger partial charge < -0.3 is 15.3 Å². The fraction of sp³-hybridized carbons (Fsp3) is 0.308. The van der Waals surface area contributed by atoms with E-state index < -0.39 is 5.97 Å². The van der Waals surface area contributed by atoms with Crippen molar-refractivity contribution in [2.45, 2.75) is 6.42 Å². The number of likely N-dealkylation sites (N-methyl/N-ethyl adjacent to an activating group) is 1. The van der Waals surface area contributed by atoms with Crippen LogP contribution in [0.1, 0.15) is 16.8 Å². The molecular formula is C13H15BrN2O4. The molecule has 1 rings (SSSR count). The molecule has 0 atom stereocenters. The lowest BCUT2D eigenvalue weighted by Crippen LogP contribution is -2.38. The van der Waals surface area contributed by atoms with Gasteiger partial charge in [0.15, 0.2) is 0 Å². The number of hydrogen-bond acceptors (Lipinski definition) is 3. The molecule has 0 aliphatic carbocycles. The van der Waals surface area contributed by atoms with E-state index in [9.17, 15) is 14.4 Å². The van der Waals surface area contributed by atoms with Gasteiger partial charge in [-0.3, -0.25) is 14.4 Å². The van der Waals surface area contributed by atoms with Crippen LogP contribution in [0.3, 0.4) is 0 Å². The summed E-state index contributed by atoms with van der Waals surface area (Å²) in [5.41, 5.74) is 0.453. The van der Waals surface area contributed by atoms with Crippen LogP contribution in [0.4, 0.5) is 0 Å². The number of hydrogen-bond donors (Lipinski definition) is 2. The molecule has 0 bridgehead atoms. The Morgan fingerprint density at radius 1 is 1.25 bits per heavy atom. The van der Waals surface area contributed by atoms with Crippen molar-refractivity contribution in [3.63, 3.8) is 0 Å². The molecular weight excluding hydrogens is 328 g/mol. The summed E-state index contributed by atoms with van der Waals surface area (Å²) in [5.74, 6) is -1.65. The van der Waals surface area contributed by atoms with E-state index in [-0.39, 0.29) is 31.3 Å². The molecule has 0 saturated carbocycles. The monoisotopic (exact) mass is 342 g/mol. The number of aliphatic carboxylic acids is 1. The Morgan fingerprint density at radius 3 is 2.40 bits per heavy atom. The Balaban J connectivity index is 2.42. The number of halogens is 1. The lowest BCUT2D eigenvalue weighted by molar-refractivity contribution is -0.138. The maximum atomic E-state index is 11.8. The van der Waals surface area contributed by atoms with E-state index in [2.05, 4.69) is 21.2 Å². The minimum Gasteiger partial charge on any atom is -0.481 e. The molecule has 0 radical (unpaired) electrons. The van der Waals surface area contributed by atoms with Gasteiger partial charge in [0.1, 0.15) is 0 Å². The third-order valence-corrected chi connectivity index (χ3v) is 3.12.